The van der Waals surface area contributed by atoms with Crippen molar-refractivity contribution in [1.29, 1.82) is 0 Å². The van der Waals surface area contributed by atoms with Crippen LogP contribution >= 0.6 is 22.9 Å². The van der Waals surface area contributed by atoms with Crippen LogP contribution in [0.25, 0.3) is 10.1 Å². The van der Waals surface area contributed by atoms with E-state index in [0.29, 0.717) is 27.9 Å². The molecule has 3 aromatic rings. The monoisotopic (exact) mass is 388 g/mol. The molecular weight excluding hydrogens is 372 g/mol. The topological polar surface area (TPSA) is 67.4 Å². The van der Waals surface area contributed by atoms with Crippen LogP contribution in [0.3, 0.4) is 0 Å². The quantitative estimate of drug-likeness (QED) is 0.660. The highest BCUT2D eigenvalue weighted by molar-refractivity contribution is 7.21. The minimum absolute atomic E-state index is 0.0447. The van der Waals surface area contributed by atoms with Crippen LogP contribution in [0.15, 0.2) is 48.5 Å². The van der Waals surface area contributed by atoms with Crippen LogP contribution in [0.5, 0.6) is 5.75 Å². The summed E-state index contributed by atoms with van der Waals surface area (Å²) in [4.78, 5) is 24.4. The number of hydrogen-bond acceptors (Lipinski definition) is 4. The van der Waals surface area contributed by atoms with Crippen LogP contribution in [-0.4, -0.2) is 25.0 Å². The first-order chi connectivity index (χ1) is 12.6. The van der Waals surface area contributed by atoms with Gasteiger partial charge in [0.15, 0.2) is 6.61 Å². The zero-order valence-corrected chi connectivity index (χ0v) is 15.6. The highest BCUT2D eigenvalue weighted by Crippen LogP contribution is 2.35. The molecule has 134 valence electrons. The van der Waals surface area contributed by atoms with E-state index in [2.05, 4.69) is 10.6 Å². The largest absolute Gasteiger partial charge is 0.484 e. The number of likely N-dealkylation sites (N-methyl/N-ethyl adjacent to an activating group) is 1. The Morgan fingerprint density at radius 1 is 1.12 bits per heavy atom. The van der Waals surface area contributed by atoms with Gasteiger partial charge in [-0.05, 0) is 37.3 Å². The van der Waals surface area contributed by atoms with Crippen LogP contribution in [0.2, 0.25) is 5.02 Å². The van der Waals surface area contributed by atoms with Crippen molar-refractivity contribution >= 4 is 50.5 Å². The Bertz CT molecular complexity index is 938. The Labute approximate surface area is 159 Å². The second-order valence-electron chi connectivity index (χ2n) is 5.46. The molecule has 0 aliphatic heterocycles. The summed E-state index contributed by atoms with van der Waals surface area (Å²) in [6, 6.07) is 14.5. The van der Waals surface area contributed by atoms with Gasteiger partial charge in [-0.3, -0.25) is 9.59 Å². The number of hydrogen-bond donors (Lipinski definition) is 2. The van der Waals surface area contributed by atoms with Gasteiger partial charge in [-0.25, -0.2) is 0 Å². The minimum atomic E-state index is -0.257. The molecule has 26 heavy (non-hydrogen) atoms. The Hall–Kier alpha value is -2.57. The Morgan fingerprint density at radius 2 is 1.85 bits per heavy atom. The van der Waals surface area contributed by atoms with Gasteiger partial charge in [0.25, 0.3) is 11.8 Å². The first-order valence-electron chi connectivity index (χ1n) is 8.06. The second kappa shape index (κ2) is 8.21. The summed E-state index contributed by atoms with van der Waals surface area (Å²) in [5.74, 6) is 0.116. The molecule has 1 heterocycles. The van der Waals surface area contributed by atoms with Gasteiger partial charge in [0.05, 0.1) is 5.02 Å². The highest BCUT2D eigenvalue weighted by atomic mass is 35.5. The minimum Gasteiger partial charge on any atom is -0.484 e. The number of thiophene rings is 1. The number of fused-ring (bicyclic) bond motifs is 1. The summed E-state index contributed by atoms with van der Waals surface area (Å²) in [5.41, 5.74) is 0.619. The lowest BCUT2D eigenvalue weighted by Crippen LogP contribution is -2.28. The number of carbonyl (C=O) groups is 2. The normalized spacial score (nSPS) is 10.5. The average Bonchev–Trinajstić information content (AvgIpc) is 2.99. The predicted molar refractivity (Wildman–Crippen MR) is 105 cm³/mol. The molecule has 0 fully saturated rings. The predicted octanol–water partition coefficient (Wildman–Crippen LogP) is 4.32. The zero-order valence-electron chi connectivity index (χ0n) is 14.0. The maximum Gasteiger partial charge on any atom is 0.267 e. The molecule has 0 atom stereocenters. The van der Waals surface area contributed by atoms with Crippen LogP contribution in [0, 0.1) is 0 Å². The van der Waals surface area contributed by atoms with Crippen molar-refractivity contribution in [3.63, 3.8) is 0 Å². The molecule has 0 spiro atoms. The number of nitrogens with one attached hydrogen (secondary N) is 2. The molecule has 0 unspecified atom stereocenters. The van der Waals surface area contributed by atoms with Crippen LogP contribution in [0.1, 0.15) is 16.6 Å². The molecule has 3 rings (SSSR count). The third kappa shape index (κ3) is 4.15. The van der Waals surface area contributed by atoms with E-state index in [0.717, 1.165) is 10.1 Å². The SMILES string of the molecule is CCNC(=O)COc1ccc(NC(=O)c2sc3ccccc3c2Cl)cc1. The second-order valence-corrected chi connectivity index (χ2v) is 6.89. The van der Waals surface area contributed by atoms with E-state index in [1.165, 1.54) is 11.3 Å². The maximum atomic E-state index is 12.5. The van der Waals surface area contributed by atoms with Gasteiger partial charge in [-0.15, -0.1) is 11.3 Å². The number of anilines is 1. The lowest BCUT2D eigenvalue weighted by Gasteiger charge is -2.08. The van der Waals surface area contributed by atoms with Gasteiger partial charge >= 0.3 is 0 Å². The van der Waals surface area contributed by atoms with E-state index in [9.17, 15) is 9.59 Å². The van der Waals surface area contributed by atoms with Gasteiger partial charge in [0, 0.05) is 22.3 Å². The third-order valence-electron chi connectivity index (χ3n) is 3.60. The standard InChI is InChI=1S/C19H17ClN2O3S/c1-2-21-16(23)11-25-13-9-7-12(8-10-13)22-19(24)18-17(20)14-5-3-4-6-15(14)26-18/h3-10H,2,11H2,1H3,(H,21,23)(H,22,24). The summed E-state index contributed by atoms with van der Waals surface area (Å²) in [7, 11) is 0. The molecule has 7 heteroatoms. The molecule has 0 radical (unpaired) electrons. The van der Waals surface area contributed by atoms with Crippen molar-refractivity contribution in [3.8, 4) is 5.75 Å². The van der Waals surface area contributed by atoms with Crippen molar-refractivity contribution in [3.05, 3.63) is 58.4 Å². The zero-order chi connectivity index (χ0) is 18.5. The van der Waals surface area contributed by atoms with Gasteiger partial charge in [-0.2, -0.15) is 0 Å². The van der Waals surface area contributed by atoms with Gasteiger partial charge in [0.1, 0.15) is 10.6 Å². The Balaban J connectivity index is 1.65. The fourth-order valence-corrected chi connectivity index (χ4v) is 3.79. The molecule has 2 N–H and O–H groups in total. The number of halogens is 1. The number of rotatable bonds is 6. The highest BCUT2D eigenvalue weighted by Gasteiger charge is 2.17. The number of benzene rings is 2. The van der Waals surface area contributed by atoms with Crippen molar-refractivity contribution in [2.24, 2.45) is 0 Å². The first kappa shape index (κ1) is 18.2. The lowest BCUT2D eigenvalue weighted by molar-refractivity contribution is -0.122. The van der Waals surface area contributed by atoms with E-state index in [4.69, 9.17) is 16.3 Å². The van der Waals surface area contributed by atoms with Crippen molar-refractivity contribution in [2.45, 2.75) is 6.92 Å². The van der Waals surface area contributed by atoms with E-state index in [1.54, 1.807) is 24.3 Å². The summed E-state index contributed by atoms with van der Waals surface area (Å²) < 4.78 is 6.35. The van der Waals surface area contributed by atoms with Crippen molar-refractivity contribution < 1.29 is 14.3 Å². The molecule has 0 aliphatic carbocycles. The Kier molecular flexibility index (Phi) is 5.75. The van der Waals surface area contributed by atoms with Gasteiger partial charge in [0.2, 0.25) is 0 Å². The Morgan fingerprint density at radius 3 is 2.54 bits per heavy atom. The van der Waals surface area contributed by atoms with Gasteiger partial charge < -0.3 is 15.4 Å². The molecule has 1 aromatic heterocycles. The van der Waals surface area contributed by atoms with Crippen LogP contribution in [0.4, 0.5) is 5.69 Å². The molecule has 0 bridgehead atoms. The molecule has 2 aromatic carbocycles. The number of ether oxygens (including phenoxy) is 1. The van der Waals surface area contributed by atoms with E-state index in [-0.39, 0.29) is 18.4 Å². The van der Waals surface area contributed by atoms with Gasteiger partial charge in [-0.1, -0.05) is 29.8 Å². The van der Waals surface area contributed by atoms with E-state index >= 15 is 0 Å². The fourth-order valence-electron chi connectivity index (χ4n) is 2.38. The first-order valence-corrected chi connectivity index (χ1v) is 9.26. The van der Waals surface area contributed by atoms with E-state index < -0.39 is 0 Å². The molecule has 2 amide bonds. The molecule has 5 nitrogen and oxygen atoms in total. The smallest absolute Gasteiger partial charge is 0.267 e. The average molecular weight is 389 g/mol. The van der Waals surface area contributed by atoms with Crippen molar-refractivity contribution in [1.82, 2.24) is 5.32 Å². The molecule has 0 saturated heterocycles. The molecule has 0 saturated carbocycles. The number of amides is 2. The van der Waals surface area contributed by atoms with Crippen LogP contribution < -0.4 is 15.4 Å². The fraction of sp³-hybridized carbons (Fsp3) is 0.158. The summed E-state index contributed by atoms with van der Waals surface area (Å²) in [6.07, 6.45) is 0. The molecule has 0 aliphatic rings. The third-order valence-corrected chi connectivity index (χ3v) is 5.27. The van der Waals surface area contributed by atoms with Crippen LogP contribution in [-0.2, 0) is 4.79 Å². The lowest BCUT2D eigenvalue weighted by atomic mass is 10.2. The summed E-state index contributed by atoms with van der Waals surface area (Å²) >= 11 is 7.69. The number of carbonyl (C=O) groups excluding carboxylic acids is 2. The van der Waals surface area contributed by atoms with Crippen molar-refractivity contribution in [2.75, 3.05) is 18.5 Å². The van der Waals surface area contributed by atoms with E-state index in [1.807, 2.05) is 31.2 Å². The summed E-state index contributed by atoms with van der Waals surface area (Å²) in [6.45, 7) is 2.36. The summed E-state index contributed by atoms with van der Waals surface area (Å²) in [5, 5.41) is 6.82. The molecular formula is C19H17ClN2O3S. The maximum absolute atomic E-state index is 12.5.